The Morgan fingerprint density at radius 1 is 1.36 bits per heavy atom. The first kappa shape index (κ1) is 28.8. The lowest BCUT2D eigenvalue weighted by molar-refractivity contribution is -0.910. The first-order valence-corrected chi connectivity index (χ1v) is 14.3. The van der Waals surface area contributed by atoms with Gasteiger partial charge in [0.1, 0.15) is 23.7 Å². The third-order valence-electron chi connectivity index (χ3n) is 7.03. The highest BCUT2D eigenvalue weighted by atomic mass is 32.2. The Kier molecular flexibility index (Phi) is 8.20. The van der Waals surface area contributed by atoms with Gasteiger partial charge in [0.2, 0.25) is 5.60 Å². The maximum Gasteiger partial charge on any atom is 0.350 e. The highest BCUT2D eigenvalue weighted by molar-refractivity contribution is 8.00. The van der Waals surface area contributed by atoms with Crippen molar-refractivity contribution in [3.63, 3.8) is 0 Å². The minimum Gasteiger partial charge on any atom is -0.543 e. The minimum atomic E-state index is -1.75. The number of rotatable bonds is 11. The second kappa shape index (κ2) is 11.1. The molecule has 2 amide bonds. The molecule has 4 heterocycles. The molecule has 4 rings (SSSR count). The molecule has 2 fully saturated rings. The third-order valence-corrected chi connectivity index (χ3v) is 9.05. The second-order valence-electron chi connectivity index (χ2n) is 10.2. The van der Waals surface area contributed by atoms with Crippen molar-refractivity contribution in [3.05, 3.63) is 22.3 Å². The van der Waals surface area contributed by atoms with Gasteiger partial charge >= 0.3 is 5.97 Å². The van der Waals surface area contributed by atoms with Crippen LogP contribution in [-0.4, -0.2) is 104 Å². The molecule has 39 heavy (non-hydrogen) atoms. The predicted octanol–water partition coefficient (Wildman–Crippen LogP) is -1.72. The van der Waals surface area contributed by atoms with Gasteiger partial charge in [0.05, 0.1) is 31.3 Å². The van der Waals surface area contributed by atoms with Gasteiger partial charge in [-0.25, -0.2) is 9.78 Å². The number of carboxylic acid groups (broad SMARTS) is 2. The number of likely N-dealkylation sites (tertiary alicyclic amines) is 1. The van der Waals surface area contributed by atoms with E-state index in [1.54, 1.807) is 0 Å². The van der Waals surface area contributed by atoms with E-state index in [0.29, 0.717) is 35.4 Å². The van der Waals surface area contributed by atoms with E-state index < -0.39 is 40.8 Å². The molecule has 3 aliphatic rings. The number of nitrogens with one attached hydrogen (secondary N) is 1. The SMILES string of the molecule is CC(C)(O/N=C(\C(=O)N[C@@H]1C(=O)N2C(C(=O)[O-])=C(C[N+]3(CCN)CCCC3)CS[C@H]12)c1csc(N)n1)C(=O)O. The lowest BCUT2D eigenvalue weighted by Gasteiger charge is -2.51. The van der Waals surface area contributed by atoms with Gasteiger partial charge in [0.15, 0.2) is 10.8 Å². The van der Waals surface area contributed by atoms with E-state index in [0.717, 1.165) is 37.3 Å². The molecule has 2 atom stereocenters. The summed E-state index contributed by atoms with van der Waals surface area (Å²) in [5.41, 5.74) is 9.91. The number of amides is 2. The maximum atomic E-state index is 13.2. The molecular weight excluding hydrogens is 550 g/mol. The molecule has 0 spiro atoms. The number of nitrogen functional groups attached to an aromatic ring is 1. The molecule has 1 aromatic rings. The van der Waals surface area contributed by atoms with Gasteiger partial charge in [-0.1, -0.05) is 5.16 Å². The number of β-lactam (4-membered cyclic amide) rings is 1. The third kappa shape index (κ3) is 5.73. The van der Waals surface area contributed by atoms with Crippen molar-refractivity contribution in [3.8, 4) is 0 Å². The Balaban J connectivity index is 1.55. The van der Waals surface area contributed by atoms with Crippen molar-refractivity contribution in [2.45, 2.75) is 43.7 Å². The molecular formula is C23H31N7O7S2. The Bertz CT molecular complexity index is 1240. The summed E-state index contributed by atoms with van der Waals surface area (Å²) in [6.45, 7) is 5.96. The summed E-state index contributed by atoms with van der Waals surface area (Å²) in [5.74, 6) is -3.85. The van der Waals surface area contributed by atoms with Gasteiger partial charge < -0.3 is 41.1 Å². The van der Waals surface area contributed by atoms with Crippen LogP contribution in [-0.2, 0) is 24.0 Å². The number of aromatic nitrogens is 1. The molecule has 0 radical (unpaired) electrons. The monoisotopic (exact) mass is 581 g/mol. The fourth-order valence-electron chi connectivity index (χ4n) is 4.95. The molecule has 0 aliphatic carbocycles. The number of nitrogens with two attached hydrogens (primary N) is 2. The van der Waals surface area contributed by atoms with Crippen LogP contribution < -0.4 is 21.9 Å². The van der Waals surface area contributed by atoms with Crippen LogP contribution in [0.2, 0.25) is 0 Å². The molecule has 14 nitrogen and oxygen atoms in total. The lowest BCUT2D eigenvalue weighted by atomic mass is 10.0. The molecule has 0 bridgehead atoms. The zero-order chi connectivity index (χ0) is 28.5. The highest BCUT2D eigenvalue weighted by Gasteiger charge is 2.54. The molecule has 212 valence electrons. The van der Waals surface area contributed by atoms with E-state index in [2.05, 4.69) is 15.5 Å². The van der Waals surface area contributed by atoms with Crippen LogP contribution in [0.25, 0.3) is 0 Å². The van der Waals surface area contributed by atoms with Crippen LogP contribution in [0.1, 0.15) is 32.4 Å². The van der Waals surface area contributed by atoms with Crippen LogP contribution in [0.15, 0.2) is 21.8 Å². The number of oxime groups is 1. The van der Waals surface area contributed by atoms with Gasteiger partial charge in [0.25, 0.3) is 11.8 Å². The Hall–Kier alpha value is -3.21. The number of hydrogen-bond donors (Lipinski definition) is 4. The van der Waals surface area contributed by atoms with Crippen molar-refractivity contribution in [1.82, 2.24) is 15.2 Å². The molecule has 0 saturated carbocycles. The van der Waals surface area contributed by atoms with Gasteiger partial charge in [-0.2, -0.15) is 0 Å². The fraction of sp³-hybridized carbons (Fsp3) is 0.565. The summed E-state index contributed by atoms with van der Waals surface area (Å²) in [4.78, 5) is 60.3. The number of anilines is 1. The Labute approximate surface area is 232 Å². The van der Waals surface area contributed by atoms with Gasteiger partial charge in [-0.15, -0.1) is 23.1 Å². The summed E-state index contributed by atoms with van der Waals surface area (Å²) in [5, 5.41) is 28.7. The summed E-state index contributed by atoms with van der Waals surface area (Å²) in [6.07, 6.45) is 2.06. The van der Waals surface area contributed by atoms with Crippen molar-refractivity contribution >= 4 is 57.7 Å². The van der Waals surface area contributed by atoms with E-state index in [1.165, 1.54) is 35.9 Å². The fourth-order valence-corrected chi connectivity index (χ4v) is 6.83. The Morgan fingerprint density at radius 3 is 2.62 bits per heavy atom. The number of aliphatic carboxylic acids is 2. The topological polar surface area (TPSA) is 213 Å². The van der Waals surface area contributed by atoms with Crippen LogP contribution >= 0.6 is 23.1 Å². The largest absolute Gasteiger partial charge is 0.543 e. The van der Waals surface area contributed by atoms with Gasteiger partial charge in [-0.05, 0) is 13.8 Å². The zero-order valence-corrected chi connectivity index (χ0v) is 23.2. The quantitative estimate of drug-likeness (QED) is 0.0998. The standard InChI is InChI=1S/C23H31N7O7S2/c1-23(2,21(35)36)37-28-14(13-11-39-22(25)26-13)17(31)27-15-18(32)29-16(20(33)34)12(10-38-19(15)29)9-30(8-5-24)6-3-4-7-30/h11,15,19H,3-10,24H2,1-2H3,(H4-,25,26,27,31,33,34,35,36)/b28-14-/t15-,19-/m1/s1. The summed E-state index contributed by atoms with van der Waals surface area (Å²) in [7, 11) is 0. The number of hydrogen-bond acceptors (Lipinski definition) is 12. The van der Waals surface area contributed by atoms with Crippen LogP contribution in [0.5, 0.6) is 0 Å². The van der Waals surface area contributed by atoms with E-state index in [4.69, 9.17) is 16.3 Å². The zero-order valence-electron chi connectivity index (χ0n) is 21.5. The van der Waals surface area contributed by atoms with E-state index in [9.17, 15) is 29.4 Å². The van der Waals surface area contributed by atoms with Crippen molar-refractivity contribution in [2.24, 2.45) is 10.9 Å². The smallest absolute Gasteiger partial charge is 0.350 e. The number of nitrogens with zero attached hydrogens (tertiary/aromatic N) is 4. The molecule has 6 N–H and O–H groups in total. The Morgan fingerprint density at radius 2 is 2.05 bits per heavy atom. The number of thioether (sulfide) groups is 1. The second-order valence-corrected chi connectivity index (χ2v) is 12.2. The van der Waals surface area contributed by atoms with Crippen molar-refractivity contribution < 1.29 is 38.7 Å². The molecule has 1 aromatic heterocycles. The van der Waals surface area contributed by atoms with Crippen LogP contribution in [0, 0.1) is 0 Å². The summed E-state index contributed by atoms with van der Waals surface area (Å²) < 4.78 is 0.680. The van der Waals surface area contributed by atoms with Gasteiger partial charge in [0, 0.05) is 36.1 Å². The van der Waals surface area contributed by atoms with E-state index in [-0.39, 0.29) is 22.2 Å². The summed E-state index contributed by atoms with van der Waals surface area (Å²) >= 11 is 2.38. The molecule has 3 aliphatic heterocycles. The van der Waals surface area contributed by atoms with Crippen molar-refractivity contribution in [2.75, 3.05) is 44.2 Å². The number of fused-ring (bicyclic) bond motifs is 1. The number of carbonyl (C=O) groups is 4. The van der Waals surface area contributed by atoms with Crippen LogP contribution in [0.4, 0.5) is 5.13 Å². The number of quaternary nitrogens is 1. The molecule has 0 aromatic carbocycles. The molecule has 16 heteroatoms. The normalized spacial score (nSPS) is 22.8. The average Bonchev–Trinajstić information content (AvgIpc) is 3.51. The minimum absolute atomic E-state index is 0.0354. The van der Waals surface area contributed by atoms with E-state index >= 15 is 0 Å². The first-order valence-electron chi connectivity index (χ1n) is 12.3. The first-order chi connectivity index (χ1) is 18.4. The highest BCUT2D eigenvalue weighted by Crippen LogP contribution is 2.41. The van der Waals surface area contributed by atoms with Gasteiger partial charge in [-0.3, -0.25) is 14.5 Å². The van der Waals surface area contributed by atoms with E-state index in [1.807, 2.05) is 0 Å². The number of thiazole rings is 1. The predicted molar refractivity (Wildman–Crippen MR) is 141 cm³/mol. The summed E-state index contributed by atoms with van der Waals surface area (Å²) in [6, 6.07) is -1.05. The lowest BCUT2D eigenvalue weighted by Crippen LogP contribution is -2.72. The number of carbonyl (C=O) groups excluding carboxylic acids is 3. The molecule has 2 saturated heterocycles. The van der Waals surface area contributed by atoms with Crippen molar-refractivity contribution in [1.29, 1.82) is 0 Å². The molecule has 0 unspecified atom stereocenters. The number of carboxylic acids is 2. The average molecular weight is 582 g/mol. The van der Waals surface area contributed by atoms with Crippen LogP contribution in [0.3, 0.4) is 0 Å². The maximum absolute atomic E-state index is 13.2.